The van der Waals surface area contributed by atoms with Gasteiger partial charge in [0.25, 0.3) is 0 Å². The van der Waals surface area contributed by atoms with E-state index in [0.29, 0.717) is 114 Å². The topological polar surface area (TPSA) is 230 Å². The number of ketones is 1. The summed E-state index contributed by atoms with van der Waals surface area (Å²) in [6.07, 6.45) is 2.64. The van der Waals surface area contributed by atoms with Crippen molar-refractivity contribution in [1.29, 1.82) is 0 Å². The van der Waals surface area contributed by atoms with Crippen LogP contribution in [0.3, 0.4) is 0 Å². The van der Waals surface area contributed by atoms with Crippen molar-refractivity contribution in [2.75, 3.05) is 30.5 Å². The molecule has 12 heterocycles. The number of hydrogen-bond donors (Lipinski definition) is 9. The lowest BCUT2D eigenvalue weighted by Gasteiger charge is -2.50. The fraction of sp³-hybridized carbons (Fsp3) is 0.450. The number of carbonyl (C=O) groups is 1. The van der Waals surface area contributed by atoms with Crippen molar-refractivity contribution in [3.05, 3.63) is 179 Å². The van der Waals surface area contributed by atoms with E-state index in [1.807, 2.05) is 27.7 Å². The molecular weight excluding hydrogens is 1420 g/mol. The number of phenols is 3. The van der Waals surface area contributed by atoms with Gasteiger partial charge in [-0.15, -0.1) is 0 Å². The summed E-state index contributed by atoms with van der Waals surface area (Å²) in [4.78, 5) is 31.6. The predicted molar refractivity (Wildman–Crippen MR) is 418 cm³/mol. The zero-order valence-corrected chi connectivity index (χ0v) is 62.9. The van der Waals surface area contributed by atoms with Crippen molar-refractivity contribution < 1.29 is 54.8 Å². The quantitative estimate of drug-likeness (QED) is 0.0676. The predicted octanol–water partition coefficient (Wildman–Crippen LogP) is 16.4. The van der Waals surface area contributed by atoms with Crippen LogP contribution in [0.25, 0.3) is 44.2 Å². The zero-order chi connectivity index (χ0) is 69.3. The zero-order valence-electron chi connectivity index (χ0n) is 56.3. The van der Waals surface area contributed by atoms with E-state index in [1.54, 1.807) is 70.8 Å². The Morgan fingerprint density at radius 1 is 0.703 bits per heavy atom. The summed E-state index contributed by atoms with van der Waals surface area (Å²) in [6.45, 7) is 4.06. The number of rotatable bonds is 7. The smallest absolute Gasteiger partial charge is 0.238 e. The van der Waals surface area contributed by atoms with Crippen molar-refractivity contribution >= 4 is 114 Å². The number of hydrogen-bond acceptors (Lipinski definition) is 21. The standard InChI is InChI=1S/C80H83NO12S8/c1-38(2)17-46-26-53-58-36-99-100-67-28-45-20-39-7-3-9-42(18-39)57(35-97-98-37-60(45)81-73(67)44-10-4-8-40(19-44)22-52(58)74(46)88)63(86)24-41-21-47-33-95-96-34-48-27-59-71-68-50(48)25-43(11-5-14-82)49(13-15-83)51(68)29-54-69(71)55-30-65(92-78-70(54)64(87)31-66-72(78)75(89)76(90)77(53)93-66)61(84)12-6-16-94-101-80(59,79(55)91)32-56(47)62(85)23-41/h3-4,7-10,18-19,21,23,26-27,29,31,38,43,45,49,55,57,60-61,65,67,73,79,81-85,87-88,90-91H,5-6,11-17,20,22,24-25,28,30,32-37H2,1-2H3/t43-,45+,49-,55-,57-,60+,61+,65-,67-,73+,79-,80+/m0/s1. The van der Waals surface area contributed by atoms with Crippen LogP contribution in [0.4, 0.5) is 0 Å². The monoisotopic (exact) mass is 1510 g/mol. The number of ether oxygens (including phenoxy) is 1. The molecule has 528 valence electrons. The minimum absolute atomic E-state index is 0.00390. The molecule has 24 bridgehead atoms. The highest BCUT2D eigenvalue weighted by Crippen LogP contribution is 2.66. The van der Waals surface area contributed by atoms with E-state index >= 15 is 9.59 Å². The van der Waals surface area contributed by atoms with Gasteiger partial charge in [0.1, 0.15) is 45.9 Å². The lowest BCUT2D eigenvalue weighted by molar-refractivity contribution is -0.119. The van der Waals surface area contributed by atoms with Crippen molar-refractivity contribution in [1.82, 2.24) is 5.32 Å². The number of aliphatic hydroxyl groups is 4. The summed E-state index contributed by atoms with van der Waals surface area (Å²) in [7, 11) is 13.8. The SMILES string of the molecule is CC(C)Cc1cc2c3c(c1O)Cc1cccc(c1)[C@H]1N[C@@H]4CSSC[C@H](C(=O)Cc5cc(O)c6c(c5)CSSCc5cc7c8c9c(cc%10c8c5C[C@H](CCCO)[C@@H]%10CCO)-c5c(O)cc8oc-2c(O)c(=O)c8c5O[C@H]2C[C@@H]9[C@H](O)[C@]7(C6)SSCCC[C@H]2O)c2cccc(c2)C[C@@H]4C[C@@H]1SSC3. The van der Waals surface area contributed by atoms with E-state index < -0.39 is 46.1 Å². The minimum atomic E-state index is -1.21. The van der Waals surface area contributed by atoms with Crippen LogP contribution in [0.15, 0.2) is 94.1 Å². The number of aliphatic hydroxyl groups excluding tert-OH is 4. The molecule has 0 radical (unpaired) electrons. The second-order valence-corrected chi connectivity index (χ2v) is 40.3. The number of Topliss-reactive ketones (excluding diaryl/α,β-unsaturated/α-hetero) is 1. The van der Waals surface area contributed by atoms with Crippen molar-refractivity contribution in [3.63, 3.8) is 0 Å². The third-order valence-electron chi connectivity index (χ3n) is 23.4. The van der Waals surface area contributed by atoms with Gasteiger partial charge in [-0.25, -0.2) is 0 Å². The fourth-order valence-electron chi connectivity index (χ4n) is 18.7. The highest BCUT2D eigenvalue weighted by molar-refractivity contribution is 8.77. The molecule has 12 atom stereocenters. The Hall–Kier alpha value is -4.72. The summed E-state index contributed by atoms with van der Waals surface area (Å²) in [5.74, 6) is 1.56. The van der Waals surface area contributed by atoms with E-state index in [1.165, 1.54) is 11.6 Å². The maximum atomic E-state index is 16.2. The van der Waals surface area contributed by atoms with Crippen LogP contribution in [0.2, 0.25) is 0 Å². The number of nitrogens with one attached hydrogen (secondary N) is 1. The summed E-state index contributed by atoms with van der Waals surface area (Å²) in [6, 6.07) is 29.1. The molecule has 2 fully saturated rings. The molecule has 1 aromatic heterocycles. The molecule has 0 amide bonds. The average Bonchev–Trinajstić information content (AvgIpc) is 1.05. The third-order valence-corrected chi connectivity index (χ3v) is 34.1. The number of benzene rings is 7. The Balaban J connectivity index is 0.956. The molecule has 8 aromatic rings. The van der Waals surface area contributed by atoms with Crippen LogP contribution in [0.1, 0.15) is 166 Å². The van der Waals surface area contributed by atoms with Gasteiger partial charge in [0, 0.05) is 101 Å². The van der Waals surface area contributed by atoms with E-state index in [9.17, 15) is 40.9 Å². The van der Waals surface area contributed by atoms with Crippen LogP contribution in [-0.4, -0.2) is 107 Å². The highest BCUT2D eigenvalue weighted by Gasteiger charge is 2.55. The number of fused-ring (bicyclic) bond motifs is 5. The molecule has 11 aliphatic heterocycles. The molecule has 7 aromatic carbocycles. The van der Waals surface area contributed by atoms with Crippen LogP contribution in [-0.2, 0) is 65.3 Å². The lowest BCUT2D eigenvalue weighted by Crippen LogP contribution is -2.50. The number of piperidine rings is 1. The Morgan fingerprint density at radius 2 is 1.50 bits per heavy atom. The molecule has 13 aliphatic rings. The molecule has 13 nitrogen and oxygen atoms in total. The maximum absolute atomic E-state index is 16.2. The second kappa shape index (κ2) is 28.2. The van der Waals surface area contributed by atoms with Crippen LogP contribution < -0.4 is 15.5 Å². The van der Waals surface area contributed by atoms with E-state index in [-0.39, 0.29) is 125 Å². The van der Waals surface area contributed by atoms with Crippen LogP contribution in [0, 0.1) is 17.8 Å². The van der Waals surface area contributed by atoms with Crippen LogP contribution in [0.5, 0.6) is 28.7 Å². The van der Waals surface area contributed by atoms with Gasteiger partial charge in [-0.1, -0.05) is 161 Å². The first-order valence-corrected chi connectivity index (χ1v) is 45.4. The average molecular weight is 1510 g/mol. The largest absolute Gasteiger partial charge is 0.508 e. The summed E-state index contributed by atoms with van der Waals surface area (Å²) in [5.41, 5.74) is 13.7. The van der Waals surface area contributed by atoms with Gasteiger partial charge < -0.3 is 55.3 Å². The summed E-state index contributed by atoms with van der Waals surface area (Å²) in [5, 5.41) is 107. The molecule has 101 heavy (non-hydrogen) atoms. The third kappa shape index (κ3) is 12.2. The highest BCUT2D eigenvalue weighted by atomic mass is 33.1. The Kier molecular flexibility index (Phi) is 19.4. The van der Waals surface area contributed by atoms with E-state index in [4.69, 9.17) is 9.15 Å². The number of carbonyl (C=O) groups excluding carboxylic acids is 1. The number of aromatic hydroxyl groups is 4. The van der Waals surface area contributed by atoms with Gasteiger partial charge in [-0.2, -0.15) is 0 Å². The number of phenolic OH excluding ortho intramolecular Hbond substituents is 3. The van der Waals surface area contributed by atoms with Gasteiger partial charge in [0.2, 0.25) is 11.2 Å². The molecule has 9 N–H and O–H groups in total. The van der Waals surface area contributed by atoms with Gasteiger partial charge >= 0.3 is 0 Å². The maximum Gasteiger partial charge on any atom is 0.238 e. The first kappa shape index (κ1) is 69.3. The van der Waals surface area contributed by atoms with E-state index in [0.717, 1.165) is 85.0 Å². The van der Waals surface area contributed by atoms with Gasteiger partial charge in [0.05, 0.1) is 28.4 Å². The minimum Gasteiger partial charge on any atom is -0.508 e. The molecular formula is C80H83NO12S8. The van der Waals surface area contributed by atoms with Crippen molar-refractivity contribution in [3.8, 4) is 51.2 Å². The molecule has 0 saturated carbocycles. The molecule has 2 saturated heterocycles. The summed E-state index contributed by atoms with van der Waals surface area (Å²) >= 11 is 0. The first-order chi connectivity index (χ1) is 49.1. The van der Waals surface area contributed by atoms with E-state index in [2.05, 4.69) is 85.9 Å². The van der Waals surface area contributed by atoms with Crippen molar-refractivity contribution in [2.24, 2.45) is 17.8 Å². The molecule has 21 rings (SSSR count). The normalized spacial score (nSPS) is 27.5. The fourth-order valence-corrected chi connectivity index (χ4v) is 29.8. The van der Waals surface area contributed by atoms with Gasteiger partial charge in [0.15, 0.2) is 5.76 Å². The molecule has 21 heteroatoms. The van der Waals surface area contributed by atoms with Gasteiger partial charge in [-0.3, -0.25) is 9.59 Å². The Morgan fingerprint density at radius 3 is 2.33 bits per heavy atom. The molecule has 0 unspecified atom stereocenters. The Bertz CT molecular complexity index is 4720. The Labute approximate surface area is 619 Å². The van der Waals surface area contributed by atoms with Gasteiger partial charge in [-0.05, 0) is 207 Å². The first-order valence-electron chi connectivity index (χ1n) is 35.8. The lowest BCUT2D eigenvalue weighted by atomic mass is 9.62. The molecule has 1 spiro atoms. The van der Waals surface area contributed by atoms with Crippen LogP contribution >= 0.6 is 86.4 Å². The second-order valence-electron chi connectivity index (χ2n) is 29.9. The molecule has 2 aliphatic carbocycles. The summed E-state index contributed by atoms with van der Waals surface area (Å²) < 4.78 is 13.3. The van der Waals surface area contributed by atoms with Crippen molar-refractivity contribution in [2.45, 2.75) is 173 Å².